The first-order valence-electron chi connectivity index (χ1n) is 4.10. The van der Waals surface area contributed by atoms with Crippen molar-refractivity contribution in [2.24, 2.45) is 0 Å². The summed E-state index contributed by atoms with van der Waals surface area (Å²) < 4.78 is 1.74. The lowest BCUT2D eigenvalue weighted by molar-refractivity contribution is 1.17. The van der Waals surface area contributed by atoms with Crippen molar-refractivity contribution in [3.63, 3.8) is 0 Å². The van der Waals surface area contributed by atoms with E-state index in [4.69, 9.17) is 11.6 Å². The van der Waals surface area contributed by atoms with E-state index in [2.05, 4.69) is 41.8 Å². The zero-order valence-corrected chi connectivity index (χ0v) is 11.3. The van der Waals surface area contributed by atoms with E-state index in [0.717, 1.165) is 14.5 Å². The SMILES string of the molecule is Clc1cc(Br)c(-c2ncccn2)c(Br)c1. The van der Waals surface area contributed by atoms with Gasteiger partial charge in [-0.05, 0) is 50.1 Å². The van der Waals surface area contributed by atoms with Gasteiger partial charge in [-0.2, -0.15) is 0 Å². The van der Waals surface area contributed by atoms with Crippen LogP contribution in [0.1, 0.15) is 0 Å². The molecule has 15 heavy (non-hydrogen) atoms. The molecule has 1 heterocycles. The van der Waals surface area contributed by atoms with Crippen molar-refractivity contribution >= 4 is 43.5 Å². The first-order valence-corrected chi connectivity index (χ1v) is 6.07. The molecule has 1 aromatic heterocycles. The third kappa shape index (κ3) is 2.38. The van der Waals surface area contributed by atoms with E-state index in [1.54, 1.807) is 18.5 Å². The molecule has 2 rings (SSSR count). The smallest absolute Gasteiger partial charge is 0.161 e. The Morgan fingerprint density at radius 2 is 1.53 bits per heavy atom. The van der Waals surface area contributed by atoms with E-state index in [0.29, 0.717) is 10.8 Å². The average molecular weight is 348 g/mol. The molecule has 0 radical (unpaired) electrons. The third-order valence-electron chi connectivity index (χ3n) is 1.80. The van der Waals surface area contributed by atoms with Crippen molar-refractivity contribution in [1.29, 1.82) is 0 Å². The Morgan fingerprint density at radius 1 is 1.00 bits per heavy atom. The van der Waals surface area contributed by atoms with Gasteiger partial charge in [-0.1, -0.05) is 11.6 Å². The minimum absolute atomic E-state index is 0.660. The molecule has 0 saturated heterocycles. The lowest BCUT2D eigenvalue weighted by atomic mass is 10.2. The van der Waals surface area contributed by atoms with Crippen molar-refractivity contribution in [3.05, 3.63) is 44.6 Å². The van der Waals surface area contributed by atoms with Crippen molar-refractivity contribution < 1.29 is 0 Å². The molecule has 0 amide bonds. The summed E-state index contributed by atoms with van der Waals surface area (Å²) in [5, 5.41) is 0.661. The summed E-state index contributed by atoms with van der Waals surface area (Å²) >= 11 is 12.8. The summed E-state index contributed by atoms with van der Waals surface area (Å²) in [6, 6.07) is 5.41. The predicted molar refractivity (Wildman–Crippen MR) is 67.9 cm³/mol. The second-order valence-electron chi connectivity index (χ2n) is 2.82. The van der Waals surface area contributed by atoms with Crippen LogP contribution < -0.4 is 0 Å². The molecule has 5 heteroatoms. The second-order valence-corrected chi connectivity index (χ2v) is 4.96. The molecule has 1 aromatic carbocycles. The maximum Gasteiger partial charge on any atom is 0.161 e. The number of rotatable bonds is 1. The first-order chi connectivity index (χ1) is 7.18. The second kappa shape index (κ2) is 4.60. The summed E-state index contributed by atoms with van der Waals surface area (Å²) in [6.45, 7) is 0. The largest absolute Gasteiger partial charge is 0.237 e. The zero-order valence-electron chi connectivity index (χ0n) is 7.42. The topological polar surface area (TPSA) is 25.8 Å². The Bertz CT molecular complexity index is 465. The lowest BCUT2D eigenvalue weighted by Crippen LogP contribution is -1.89. The van der Waals surface area contributed by atoms with Gasteiger partial charge in [0.05, 0.1) is 0 Å². The fourth-order valence-corrected chi connectivity index (χ4v) is 3.21. The van der Waals surface area contributed by atoms with Crippen LogP contribution in [0.15, 0.2) is 39.5 Å². The van der Waals surface area contributed by atoms with Crippen LogP contribution in [0, 0.1) is 0 Å². The minimum atomic E-state index is 0.660. The van der Waals surface area contributed by atoms with Crippen LogP contribution in [0.25, 0.3) is 11.4 Å². The summed E-state index contributed by atoms with van der Waals surface area (Å²) in [7, 11) is 0. The van der Waals surface area contributed by atoms with Crippen molar-refractivity contribution in [2.45, 2.75) is 0 Å². The minimum Gasteiger partial charge on any atom is -0.237 e. The molecule has 2 aromatic rings. The van der Waals surface area contributed by atoms with Gasteiger partial charge in [0.1, 0.15) is 0 Å². The Morgan fingerprint density at radius 3 is 2.07 bits per heavy atom. The highest BCUT2D eigenvalue weighted by Gasteiger charge is 2.11. The molecule has 0 aliphatic rings. The molecule has 2 nitrogen and oxygen atoms in total. The van der Waals surface area contributed by atoms with Gasteiger partial charge in [-0.25, -0.2) is 9.97 Å². The molecule has 0 unspecified atom stereocenters. The molecule has 76 valence electrons. The number of hydrogen-bond donors (Lipinski definition) is 0. The molecule has 0 atom stereocenters. The van der Waals surface area contributed by atoms with Gasteiger partial charge in [0.15, 0.2) is 5.82 Å². The van der Waals surface area contributed by atoms with Crippen molar-refractivity contribution in [2.75, 3.05) is 0 Å². The first kappa shape index (κ1) is 11.0. The normalized spacial score (nSPS) is 10.3. The molecular formula is C10H5Br2ClN2. The fourth-order valence-electron chi connectivity index (χ4n) is 1.18. The van der Waals surface area contributed by atoms with Crippen LogP contribution in [0.2, 0.25) is 5.02 Å². The van der Waals surface area contributed by atoms with Crippen molar-refractivity contribution in [1.82, 2.24) is 9.97 Å². The highest BCUT2D eigenvalue weighted by Crippen LogP contribution is 2.35. The van der Waals surface area contributed by atoms with Gasteiger partial charge in [0.25, 0.3) is 0 Å². The Hall–Kier alpha value is -0.450. The van der Waals surface area contributed by atoms with Crippen LogP contribution in [0.5, 0.6) is 0 Å². The quantitative estimate of drug-likeness (QED) is 0.767. The van der Waals surface area contributed by atoms with Gasteiger partial charge in [-0.3, -0.25) is 0 Å². The molecule has 0 spiro atoms. The maximum absolute atomic E-state index is 5.91. The summed E-state index contributed by atoms with van der Waals surface area (Å²) in [5.74, 6) is 0.660. The molecule has 0 N–H and O–H groups in total. The monoisotopic (exact) mass is 346 g/mol. The molecule has 0 fully saturated rings. The van der Waals surface area contributed by atoms with Crippen LogP contribution in [0.4, 0.5) is 0 Å². The highest BCUT2D eigenvalue weighted by molar-refractivity contribution is 9.11. The van der Waals surface area contributed by atoms with E-state index in [1.165, 1.54) is 0 Å². The summed E-state index contributed by atoms with van der Waals surface area (Å²) in [4.78, 5) is 8.37. The third-order valence-corrected chi connectivity index (χ3v) is 3.27. The van der Waals surface area contributed by atoms with Crippen molar-refractivity contribution in [3.8, 4) is 11.4 Å². The molecular weight excluding hydrogens is 343 g/mol. The van der Waals surface area contributed by atoms with Crippen LogP contribution in [-0.4, -0.2) is 9.97 Å². The van der Waals surface area contributed by atoms with E-state index in [1.807, 2.05) is 12.1 Å². The summed E-state index contributed by atoms with van der Waals surface area (Å²) in [5.41, 5.74) is 0.903. The predicted octanol–water partition coefficient (Wildman–Crippen LogP) is 4.32. The molecule has 0 saturated carbocycles. The number of aromatic nitrogens is 2. The van der Waals surface area contributed by atoms with Gasteiger partial charge < -0.3 is 0 Å². The van der Waals surface area contributed by atoms with E-state index >= 15 is 0 Å². The summed E-state index contributed by atoms with van der Waals surface area (Å²) in [6.07, 6.45) is 3.41. The van der Waals surface area contributed by atoms with Gasteiger partial charge in [-0.15, -0.1) is 0 Å². The molecule has 0 aliphatic carbocycles. The highest BCUT2D eigenvalue weighted by atomic mass is 79.9. The van der Waals surface area contributed by atoms with E-state index in [-0.39, 0.29) is 0 Å². The van der Waals surface area contributed by atoms with Gasteiger partial charge in [0, 0.05) is 31.9 Å². The van der Waals surface area contributed by atoms with Crippen LogP contribution in [-0.2, 0) is 0 Å². The maximum atomic E-state index is 5.91. The average Bonchev–Trinajstić information content (AvgIpc) is 2.17. The number of nitrogens with zero attached hydrogens (tertiary/aromatic N) is 2. The van der Waals surface area contributed by atoms with Crippen LogP contribution in [0.3, 0.4) is 0 Å². The van der Waals surface area contributed by atoms with Crippen LogP contribution >= 0.6 is 43.5 Å². The fraction of sp³-hybridized carbons (Fsp3) is 0. The molecule has 0 bridgehead atoms. The Balaban J connectivity index is 2.64. The van der Waals surface area contributed by atoms with Gasteiger partial charge >= 0.3 is 0 Å². The Kier molecular flexibility index (Phi) is 3.38. The van der Waals surface area contributed by atoms with E-state index < -0.39 is 0 Å². The van der Waals surface area contributed by atoms with Gasteiger partial charge in [0.2, 0.25) is 0 Å². The standard InChI is InChI=1S/C10H5Br2ClN2/c11-7-4-6(13)5-8(12)9(7)10-14-2-1-3-15-10/h1-5H. The zero-order chi connectivity index (χ0) is 10.8. The molecule has 0 aliphatic heterocycles. The lowest BCUT2D eigenvalue weighted by Gasteiger charge is -2.06. The van der Waals surface area contributed by atoms with E-state index in [9.17, 15) is 0 Å². The number of hydrogen-bond acceptors (Lipinski definition) is 2. The Labute approximate surface area is 109 Å². The number of halogens is 3. The number of benzene rings is 1.